The zero-order valence-corrected chi connectivity index (χ0v) is 10.7. The number of aromatic carboxylic acids is 1. The van der Waals surface area contributed by atoms with Crippen LogP contribution in [0.5, 0.6) is 5.75 Å². The molecule has 2 aromatic rings. The minimum Gasteiger partial charge on any atom is -0.497 e. The molecule has 0 spiro atoms. The summed E-state index contributed by atoms with van der Waals surface area (Å²) in [5, 5.41) is 9.17. The van der Waals surface area contributed by atoms with Crippen LogP contribution in [0.15, 0.2) is 24.3 Å². The Morgan fingerprint density at radius 2 is 2.22 bits per heavy atom. The summed E-state index contributed by atoms with van der Waals surface area (Å²) in [6.07, 6.45) is 0. The van der Waals surface area contributed by atoms with Crippen LogP contribution < -0.4 is 4.74 Å². The zero-order chi connectivity index (χ0) is 13.3. The molecule has 0 aliphatic carbocycles. The van der Waals surface area contributed by atoms with Crippen LogP contribution in [0.4, 0.5) is 0 Å². The standard InChI is InChI=1S/C12H12N2O3S/c1-14-10(9(11(15)16)13-12(14)18)7-4-3-5-8(6-7)17-2/h3-6H,1-2H3,(H,13,18)(H,15,16). The maximum atomic E-state index is 11.2. The number of hydrogen-bond acceptors (Lipinski definition) is 3. The van der Waals surface area contributed by atoms with Crippen molar-refractivity contribution in [3.8, 4) is 17.0 Å². The maximum Gasteiger partial charge on any atom is 0.354 e. The summed E-state index contributed by atoms with van der Waals surface area (Å²) in [6, 6.07) is 7.18. The summed E-state index contributed by atoms with van der Waals surface area (Å²) in [7, 11) is 3.28. The second-order valence-corrected chi connectivity index (χ2v) is 4.14. The Hall–Kier alpha value is -2.08. The number of methoxy groups -OCH3 is 1. The third kappa shape index (κ3) is 2.02. The lowest BCUT2D eigenvalue weighted by molar-refractivity contribution is 0.0692. The monoisotopic (exact) mass is 264 g/mol. The summed E-state index contributed by atoms with van der Waals surface area (Å²) in [5.74, 6) is -0.379. The third-order valence-corrected chi connectivity index (χ3v) is 3.04. The lowest BCUT2D eigenvalue weighted by Crippen LogP contribution is -2.01. The van der Waals surface area contributed by atoms with E-state index in [2.05, 4.69) is 4.98 Å². The van der Waals surface area contributed by atoms with Crippen molar-refractivity contribution in [3.05, 3.63) is 34.7 Å². The van der Waals surface area contributed by atoms with Gasteiger partial charge in [-0.25, -0.2) is 4.79 Å². The molecule has 2 N–H and O–H groups in total. The van der Waals surface area contributed by atoms with E-state index < -0.39 is 5.97 Å². The molecule has 0 atom stereocenters. The number of benzene rings is 1. The van der Waals surface area contributed by atoms with Crippen LogP contribution >= 0.6 is 12.2 Å². The Labute approximate surface area is 109 Å². The van der Waals surface area contributed by atoms with E-state index in [1.165, 1.54) is 0 Å². The molecule has 5 nitrogen and oxygen atoms in total. The van der Waals surface area contributed by atoms with Crippen molar-refractivity contribution in [2.24, 2.45) is 7.05 Å². The fraction of sp³-hybridized carbons (Fsp3) is 0.167. The van der Waals surface area contributed by atoms with Gasteiger partial charge in [0.05, 0.1) is 12.8 Å². The van der Waals surface area contributed by atoms with Gasteiger partial charge in [0, 0.05) is 12.6 Å². The number of carboxylic acids is 1. The van der Waals surface area contributed by atoms with Crippen LogP contribution in [0.2, 0.25) is 0 Å². The molecule has 0 amide bonds. The molecule has 1 aromatic heterocycles. The largest absolute Gasteiger partial charge is 0.497 e. The van der Waals surface area contributed by atoms with E-state index in [1.807, 2.05) is 6.07 Å². The van der Waals surface area contributed by atoms with Gasteiger partial charge in [0.15, 0.2) is 10.5 Å². The van der Waals surface area contributed by atoms with Gasteiger partial charge < -0.3 is 19.4 Å². The minimum atomic E-state index is -1.04. The van der Waals surface area contributed by atoms with Crippen LogP contribution in [0, 0.1) is 4.77 Å². The Balaban J connectivity index is 2.69. The highest BCUT2D eigenvalue weighted by atomic mass is 32.1. The summed E-state index contributed by atoms with van der Waals surface area (Å²) in [4.78, 5) is 13.9. The first-order valence-corrected chi connectivity index (χ1v) is 5.62. The van der Waals surface area contributed by atoms with Gasteiger partial charge in [-0.2, -0.15) is 0 Å². The molecular formula is C12H12N2O3S. The Bertz CT molecular complexity index is 658. The predicted octanol–water partition coefficient (Wildman–Crippen LogP) is 2.46. The van der Waals surface area contributed by atoms with E-state index in [0.717, 1.165) is 5.56 Å². The summed E-state index contributed by atoms with van der Waals surface area (Å²) in [5.41, 5.74) is 1.35. The van der Waals surface area contributed by atoms with Gasteiger partial charge in [0.2, 0.25) is 0 Å². The van der Waals surface area contributed by atoms with Gasteiger partial charge in [-0.1, -0.05) is 12.1 Å². The fourth-order valence-corrected chi connectivity index (χ4v) is 1.98. The van der Waals surface area contributed by atoms with Crippen molar-refractivity contribution in [3.63, 3.8) is 0 Å². The van der Waals surface area contributed by atoms with E-state index in [0.29, 0.717) is 16.2 Å². The summed E-state index contributed by atoms with van der Waals surface area (Å²) in [6.45, 7) is 0. The number of aromatic nitrogens is 2. The van der Waals surface area contributed by atoms with E-state index in [4.69, 9.17) is 22.1 Å². The number of carbonyl (C=O) groups is 1. The lowest BCUT2D eigenvalue weighted by Gasteiger charge is -2.06. The molecule has 0 radical (unpaired) electrons. The Kier molecular flexibility index (Phi) is 3.20. The van der Waals surface area contributed by atoms with Crippen molar-refractivity contribution in [2.75, 3.05) is 7.11 Å². The highest BCUT2D eigenvalue weighted by Gasteiger charge is 2.17. The van der Waals surface area contributed by atoms with Crippen molar-refractivity contribution < 1.29 is 14.6 Å². The number of carboxylic acid groups (broad SMARTS) is 1. The zero-order valence-electron chi connectivity index (χ0n) is 9.93. The number of hydrogen-bond donors (Lipinski definition) is 2. The minimum absolute atomic E-state index is 0.0794. The van der Waals surface area contributed by atoms with Crippen LogP contribution in [0.1, 0.15) is 10.5 Å². The number of nitrogens with zero attached hydrogens (tertiary/aromatic N) is 1. The second-order valence-electron chi connectivity index (χ2n) is 3.75. The number of imidazole rings is 1. The average Bonchev–Trinajstić information content (AvgIpc) is 2.66. The van der Waals surface area contributed by atoms with Gasteiger partial charge >= 0.3 is 5.97 Å². The molecule has 18 heavy (non-hydrogen) atoms. The predicted molar refractivity (Wildman–Crippen MR) is 69.5 cm³/mol. The quantitative estimate of drug-likeness (QED) is 0.836. The summed E-state index contributed by atoms with van der Waals surface area (Å²) < 4.78 is 7.13. The molecule has 0 unspecified atom stereocenters. The smallest absolute Gasteiger partial charge is 0.354 e. The SMILES string of the molecule is COc1cccc(-c2c(C(=O)O)[nH]c(=S)n2C)c1. The van der Waals surface area contributed by atoms with Crippen molar-refractivity contribution in [2.45, 2.75) is 0 Å². The van der Waals surface area contributed by atoms with Gasteiger partial charge in [-0.05, 0) is 24.4 Å². The van der Waals surface area contributed by atoms with Crippen molar-refractivity contribution in [1.29, 1.82) is 0 Å². The molecule has 0 aliphatic heterocycles. The number of H-pyrrole nitrogens is 1. The van der Waals surface area contributed by atoms with E-state index >= 15 is 0 Å². The molecule has 0 aliphatic rings. The molecule has 6 heteroatoms. The average molecular weight is 264 g/mol. The van der Waals surface area contributed by atoms with Crippen LogP contribution in [-0.4, -0.2) is 27.7 Å². The first-order chi connectivity index (χ1) is 8.54. The lowest BCUT2D eigenvalue weighted by atomic mass is 10.1. The molecule has 0 saturated carbocycles. The number of ether oxygens (including phenoxy) is 1. The molecule has 0 fully saturated rings. The van der Waals surface area contributed by atoms with Crippen LogP contribution in [0.3, 0.4) is 0 Å². The highest BCUT2D eigenvalue weighted by Crippen LogP contribution is 2.26. The van der Waals surface area contributed by atoms with Crippen molar-refractivity contribution in [1.82, 2.24) is 9.55 Å². The first-order valence-electron chi connectivity index (χ1n) is 5.21. The normalized spacial score (nSPS) is 10.3. The van der Waals surface area contributed by atoms with Gasteiger partial charge in [0.25, 0.3) is 0 Å². The first kappa shape index (κ1) is 12.4. The molecule has 1 aromatic carbocycles. The molecular weight excluding hydrogens is 252 g/mol. The molecule has 0 saturated heterocycles. The Morgan fingerprint density at radius 1 is 1.50 bits per heavy atom. The van der Waals surface area contributed by atoms with Crippen LogP contribution in [0.25, 0.3) is 11.3 Å². The molecule has 1 heterocycles. The highest BCUT2D eigenvalue weighted by molar-refractivity contribution is 7.71. The van der Waals surface area contributed by atoms with Crippen molar-refractivity contribution >= 4 is 18.2 Å². The molecule has 2 rings (SSSR count). The second kappa shape index (κ2) is 4.66. The van der Waals surface area contributed by atoms with Gasteiger partial charge in [-0.3, -0.25) is 0 Å². The molecule has 94 valence electrons. The van der Waals surface area contributed by atoms with E-state index in [-0.39, 0.29) is 5.69 Å². The molecule has 0 bridgehead atoms. The Morgan fingerprint density at radius 3 is 2.83 bits per heavy atom. The van der Waals surface area contributed by atoms with Gasteiger partial charge in [0.1, 0.15) is 5.75 Å². The van der Waals surface area contributed by atoms with Crippen LogP contribution in [-0.2, 0) is 7.05 Å². The third-order valence-electron chi connectivity index (χ3n) is 2.67. The van der Waals surface area contributed by atoms with E-state index in [1.54, 1.807) is 36.9 Å². The maximum absolute atomic E-state index is 11.2. The van der Waals surface area contributed by atoms with E-state index in [9.17, 15) is 4.79 Å². The summed E-state index contributed by atoms with van der Waals surface area (Å²) >= 11 is 5.05. The topological polar surface area (TPSA) is 67.2 Å². The van der Waals surface area contributed by atoms with Gasteiger partial charge in [-0.15, -0.1) is 0 Å². The number of aromatic amines is 1. The number of nitrogens with one attached hydrogen (secondary N) is 1. The fourth-order valence-electron chi connectivity index (χ4n) is 1.78. The number of rotatable bonds is 3.